The lowest BCUT2D eigenvalue weighted by atomic mass is 9.57. The molecule has 1 N–H and O–H groups in total. The van der Waals surface area contributed by atoms with Crippen LogP contribution in [0.4, 0.5) is 11.4 Å². The van der Waals surface area contributed by atoms with Crippen molar-refractivity contribution in [1.82, 2.24) is 0 Å². The van der Waals surface area contributed by atoms with Gasteiger partial charge in [-0.3, -0.25) is 29.0 Å². The molecule has 8 heteroatoms. The van der Waals surface area contributed by atoms with Crippen molar-refractivity contribution in [2.75, 3.05) is 9.80 Å². The highest BCUT2D eigenvalue weighted by Gasteiger charge is 2.62. The number of para-hydroxylation sites is 2. The Kier molecular flexibility index (Phi) is 5.78. The Morgan fingerprint density at radius 2 is 1.25 bits per heavy atom. The number of anilines is 2. The number of halogens is 1. The normalized spacial score (nSPS) is 29.3. The fourth-order valence-electron chi connectivity index (χ4n) is 7.37. The third-order valence-corrected chi connectivity index (χ3v) is 9.50. The van der Waals surface area contributed by atoms with Gasteiger partial charge >= 0.3 is 0 Å². The van der Waals surface area contributed by atoms with Gasteiger partial charge in [0.15, 0.2) is 0 Å². The number of phenols is 1. The Hall–Kier alpha value is -4.04. The van der Waals surface area contributed by atoms with Gasteiger partial charge in [-0.2, -0.15) is 0 Å². The van der Waals surface area contributed by atoms with Crippen molar-refractivity contribution in [1.29, 1.82) is 0 Å². The van der Waals surface area contributed by atoms with Gasteiger partial charge in [0.25, 0.3) is 0 Å². The Balaban J connectivity index is 1.36. The van der Waals surface area contributed by atoms with Crippen LogP contribution in [0.25, 0.3) is 0 Å². The van der Waals surface area contributed by atoms with Gasteiger partial charge in [-0.15, -0.1) is 0 Å². The molecule has 6 unspecified atom stereocenters. The van der Waals surface area contributed by atoms with Crippen molar-refractivity contribution in [3.63, 3.8) is 0 Å². The fourth-order valence-corrected chi connectivity index (χ4v) is 7.75. The number of allylic oxidation sites excluding steroid dienone is 2. The molecule has 200 valence electrons. The number of carbonyl (C=O) groups is 4. The van der Waals surface area contributed by atoms with E-state index in [9.17, 15) is 24.3 Å². The van der Waals surface area contributed by atoms with Crippen LogP contribution in [0, 0.1) is 29.6 Å². The zero-order valence-corrected chi connectivity index (χ0v) is 22.9. The van der Waals surface area contributed by atoms with E-state index in [1.54, 1.807) is 66.7 Å². The number of imide groups is 2. The highest BCUT2D eigenvalue weighted by atomic mass is 79.9. The molecule has 2 heterocycles. The lowest BCUT2D eigenvalue weighted by molar-refractivity contribution is -0.126. The SMILES string of the molecule is O=C1C2CC=C3C(CC4C(=O)N(c5ccccc5)C(=O)C4C3c3cc(Br)ccc3O)C2C(=O)N1c1ccccc1. The molecular weight excluding hydrogens is 572 g/mol. The summed E-state index contributed by atoms with van der Waals surface area (Å²) < 4.78 is 0.729. The maximum Gasteiger partial charge on any atom is 0.238 e. The van der Waals surface area contributed by atoms with Crippen LogP contribution < -0.4 is 9.80 Å². The molecule has 3 aromatic rings. The minimum atomic E-state index is -0.732. The van der Waals surface area contributed by atoms with Crippen molar-refractivity contribution in [3.8, 4) is 5.75 Å². The minimum absolute atomic E-state index is 0.0220. The second-order valence-corrected chi connectivity index (χ2v) is 11.8. The predicted octanol–water partition coefficient (Wildman–Crippen LogP) is 5.20. The third-order valence-electron chi connectivity index (χ3n) is 9.00. The molecule has 2 saturated heterocycles. The predicted molar refractivity (Wildman–Crippen MR) is 151 cm³/mol. The van der Waals surface area contributed by atoms with E-state index in [1.807, 2.05) is 18.2 Å². The first-order chi connectivity index (χ1) is 19.4. The maximum absolute atomic E-state index is 14.0. The average Bonchev–Trinajstić information content (AvgIpc) is 3.38. The van der Waals surface area contributed by atoms with Gasteiger partial charge in [-0.05, 0) is 61.2 Å². The van der Waals surface area contributed by atoms with Crippen molar-refractivity contribution in [2.24, 2.45) is 29.6 Å². The van der Waals surface area contributed by atoms with Gasteiger partial charge in [-0.1, -0.05) is 64.0 Å². The number of carbonyl (C=O) groups excluding carboxylic acids is 4. The summed E-state index contributed by atoms with van der Waals surface area (Å²) in [5.74, 6) is -4.73. The van der Waals surface area contributed by atoms with E-state index < -0.39 is 35.5 Å². The summed E-state index contributed by atoms with van der Waals surface area (Å²) in [6, 6.07) is 22.8. The molecule has 0 radical (unpaired) electrons. The van der Waals surface area contributed by atoms with Crippen LogP contribution in [-0.2, 0) is 19.2 Å². The van der Waals surface area contributed by atoms with E-state index in [0.29, 0.717) is 29.8 Å². The van der Waals surface area contributed by atoms with E-state index in [0.717, 1.165) is 10.0 Å². The number of phenolic OH excluding ortho intramolecular Hbond substituents is 1. The number of amides is 4. The molecule has 2 aliphatic carbocycles. The van der Waals surface area contributed by atoms with E-state index in [-0.39, 0.29) is 29.4 Å². The average molecular weight is 597 g/mol. The number of aromatic hydroxyl groups is 1. The monoisotopic (exact) mass is 596 g/mol. The fraction of sp³-hybridized carbons (Fsp3) is 0.250. The van der Waals surface area contributed by atoms with Crippen LogP contribution in [0.5, 0.6) is 5.75 Å². The molecule has 2 aliphatic heterocycles. The molecule has 3 aromatic carbocycles. The third kappa shape index (κ3) is 3.55. The summed E-state index contributed by atoms with van der Waals surface area (Å²) >= 11 is 3.50. The highest BCUT2D eigenvalue weighted by Crippen LogP contribution is 2.59. The minimum Gasteiger partial charge on any atom is -0.508 e. The van der Waals surface area contributed by atoms with Crippen molar-refractivity contribution < 1.29 is 24.3 Å². The molecule has 6 atom stereocenters. The Bertz CT molecular complexity index is 1600. The Labute approximate surface area is 239 Å². The first kappa shape index (κ1) is 25.0. The Morgan fingerprint density at radius 1 is 0.675 bits per heavy atom. The van der Waals surface area contributed by atoms with Crippen LogP contribution in [0.2, 0.25) is 0 Å². The number of rotatable bonds is 3. The molecule has 0 spiro atoms. The first-order valence-corrected chi connectivity index (χ1v) is 14.2. The van der Waals surface area contributed by atoms with Gasteiger partial charge < -0.3 is 5.11 Å². The smallest absolute Gasteiger partial charge is 0.238 e. The zero-order chi connectivity index (χ0) is 27.7. The number of hydrogen-bond acceptors (Lipinski definition) is 5. The van der Waals surface area contributed by atoms with Gasteiger partial charge in [0.2, 0.25) is 23.6 Å². The van der Waals surface area contributed by atoms with Gasteiger partial charge in [-0.25, -0.2) is 0 Å². The molecule has 3 fully saturated rings. The van der Waals surface area contributed by atoms with Crippen LogP contribution in [0.3, 0.4) is 0 Å². The lowest BCUT2D eigenvalue weighted by Gasteiger charge is -2.44. The van der Waals surface area contributed by atoms with E-state index in [4.69, 9.17) is 0 Å². The van der Waals surface area contributed by atoms with Crippen LogP contribution in [0.15, 0.2) is 95.0 Å². The molecule has 1 saturated carbocycles. The topological polar surface area (TPSA) is 95.0 Å². The molecule has 0 bridgehead atoms. The maximum atomic E-state index is 14.0. The van der Waals surface area contributed by atoms with E-state index in [1.165, 1.54) is 9.80 Å². The van der Waals surface area contributed by atoms with Gasteiger partial charge in [0.05, 0.1) is 35.0 Å². The standard InChI is InChI=1S/C32H25BrN2O5/c33-17-11-14-25(36)23(15-17)26-20-12-13-21-27(31(39)34(29(21)37)18-7-3-1-4-8-18)22(20)16-24-28(26)32(40)35(30(24)38)19-9-5-2-6-10-19/h1-12,14-15,21-22,24,26-28,36H,13,16H2. The summed E-state index contributed by atoms with van der Waals surface area (Å²) in [5.41, 5.74) is 2.42. The largest absolute Gasteiger partial charge is 0.508 e. The summed E-state index contributed by atoms with van der Waals surface area (Å²) in [7, 11) is 0. The van der Waals surface area contributed by atoms with Crippen LogP contribution >= 0.6 is 15.9 Å². The molecular formula is C32H25BrN2O5. The van der Waals surface area contributed by atoms with Crippen molar-refractivity contribution in [3.05, 3.63) is 101 Å². The summed E-state index contributed by atoms with van der Waals surface area (Å²) in [5, 5.41) is 11.0. The quantitative estimate of drug-likeness (QED) is 0.331. The van der Waals surface area contributed by atoms with Gasteiger partial charge in [0, 0.05) is 16.0 Å². The van der Waals surface area contributed by atoms with Crippen LogP contribution in [-0.4, -0.2) is 28.7 Å². The van der Waals surface area contributed by atoms with Crippen LogP contribution in [0.1, 0.15) is 24.3 Å². The molecule has 4 aliphatic rings. The number of nitrogens with zero attached hydrogens (tertiary/aromatic N) is 2. The number of hydrogen-bond donors (Lipinski definition) is 1. The zero-order valence-electron chi connectivity index (χ0n) is 21.3. The molecule has 0 aromatic heterocycles. The highest BCUT2D eigenvalue weighted by molar-refractivity contribution is 9.10. The number of fused-ring (bicyclic) bond motifs is 4. The van der Waals surface area contributed by atoms with Crippen molar-refractivity contribution >= 4 is 50.9 Å². The van der Waals surface area contributed by atoms with E-state index in [2.05, 4.69) is 15.9 Å². The van der Waals surface area contributed by atoms with E-state index >= 15 is 0 Å². The summed E-state index contributed by atoms with van der Waals surface area (Å²) in [6.07, 6.45) is 2.63. The summed E-state index contributed by atoms with van der Waals surface area (Å²) in [6.45, 7) is 0. The summed E-state index contributed by atoms with van der Waals surface area (Å²) in [4.78, 5) is 58.0. The lowest BCUT2D eigenvalue weighted by Crippen LogP contribution is -2.43. The second kappa shape index (κ2) is 9.27. The first-order valence-electron chi connectivity index (χ1n) is 13.4. The molecule has 4 amide bonds. The Morgan fingerprint density at radius 3 is 1.88 bits per heavy atom. The molecule has 7 nitrogen and oxygen atoms in total. The molecule has 7 rings (SSSR count). The second-order valence-electron chi connectivity index (χ2n) is 10.9. The van der Waals surface area contributed by atoms with Gasteiger partial charge in [0.1, 0.15) is 5.75 Å². The number of benzene rings is 3. The molecule has 40 heavy (non-hydrogen) atoms. The van der Waals surface area contributed by atoms with Crippen molar-refractivity contribution in [2.45, 2.75) is 18.8 Å².